The summed E-state index contributed by atoms with van der Waals surface area (Å²) in [4.78, 5) is 0.0527. The predicted molar refractivity (Wildman–Crippen MR) is 92.3 cm³/mol. The molecule has 3 aromatic rings. The van der Waals surface area contributed by atoms with Crippen LogP contribution in [-0.2, 0) is 10.0 Å². The van der Waals surface area contributed by atoms with Gasteiger partial charge in [-0.2, -0.15) is 5.10 Å². The first-order valence-corrected chi connectivity index (χ1v) is 9.23. The van der Waals surface area contributed by atoms with E-state index < -0.39 is 16.1 Å². The summed E-state index contributed by atoms with van der Waals surface area (Å²) in [5, 5.41) is 4.39. The molecule has 0 spiro atoms. The van der Waals surface area contributed by atoms with E-state index in [0.29, 0.717) is 11.5 Å². The highest BCUT2D eigenvalue weighted by atomic mass is 35.5. The van der Waals surface area contributed by atoms with Crippen molar-refractivity contribution in [1.29, 1.82) is 0 Å². The monoisotopic (exact) mass is 381 g/mol. The third-order valence-corrected chi connectivity index (χ3v) is 5.33. The number of furan rings is 1. The first-order chi connectivity index (χ1) is 12.0. The molecule has 1 unspecified atom stereocenters. The first kappa shape index (κ1) is 17.5. The average molecular weight is 382 g/mol. The van der Waals surface area contributed by atoms with Crippen molar-refractivity contribution < 1.29 is 17.6 Å². The Morgan fingerprint density at radius 2 is 2.20 bits per heavy atom. The van der Waals surface area contributed by atoms with Gasteiger partial charge in [0.1, 0.15) is 17.6 Å². The Hall–Kier alpha value is -2.29. The molecule has 0 aliphatic carbocycles. The number of nitrogens with one attached hydrogen (secondary N) is 1. The molecule has 1 N–H and O–H groups in total. The Morgan fingerprint density at radius 3 is 2.80 bits per heavy atom. The molecular formula is C16H16ClN3O4S. The maximum atomic E-state index is 12.6. The second-order valence-electron chi connectivity index (χ2n) is 5.17. The van der Waals surface area contributed by atoms with E-state index in [9.17, 15) is 8.42 Å². The van der Waals surface area contributed by atoms with Gasteiger partial charge in [0.2, 0.25) is 10.0 Å². The third-order valence-electron chi connectivity index (χ3n) is 3.62. The van der Waals surface area contributed by atoms with Crippen LogP contribution in [0.3, 0.4) is 0 Å². The summed E-state index contributed by atoms with van der Waals surface area (Å²) >= 11 is 6.01. The van der Waals surface area contributed by atoms with E-state index in [2.05, 4.69) is 9.82 Å². The molecule has 0 saturated heterocycles. The van der Waals surface area contributed by atoms with Crippen molar-refractivity contribution in [2.45, 2.75) is 10.9 Å². The van der Waals surface area contributed by atoms with Crippen molar-refractivity contribution in [2.24, 2.45) is 0 Å². The molecule has 0 saturated carbocycles. The van der Waals surface area contributed by atoms with Crippen LogP contribution in [0.4, 0.5) is 0 Å². The summed E-state index contributed by atoms with van der Waals surface area (Å²) in [6.07, 6.45) is 4.89. The average Bonchev–Trinajstić information content (AvgIpc) is 3.29. The number of nitrogens with zero attached hydrogens (tertiary/aromatic N) is 2. The summed E-state index contributed by atoms with van der Waals surface area (Å²) in [6.45, 7) is 0.0706. The van der Waals surface area contributed by atoms with Crippen molar-refractivity contribution in [3.8, 4) is 5.75 Å². The summed E-state index contributed by atoms with van der Waals surface area (Å²) in [6, 6.07) is 9.14. The minimum absolute atomic E-state index is 0.0527. The molecule has 0 amide bonds. The van der Waals surface area contributed by atoms with Gasteiger partial charge in [0.05, 0.1) is 23.3 Å². The van der Waals surface area contributed by atoms with Gasteiger partial charge in [-0.05, 0) is 36.4 Å². The number of halogens is 1. The molecule has 25 heavy (non-hydrogen) atoms. The first-order valence-electron chi connectivity index (χ1n) is 7.37. The van der Waals surface area contributed by atoms with Gasteiger partial charge in [-0.15, -0.1) is 0 Å². The fraction of sp³-hybridized carbons (Fsp3) is 0.188. The molecule has 0 fully saturated rings. The number of methoxy groups -OCH3 is 1. The van der Waals surface area contributed by atoms with E-state index in [1.54, 1.807) is 35.3 Å². The van der Waals surface area contributed by atoms with Crippen LogP contribution < -0.4 is 9.46 Å². The third kappa shape index (κ3) is 3.87. The lowest BCUT2D eigenvalue weighted by atomic mass is 10.2. The Bertz CT molecular complexity index is 890. The normalized spacial score (nSPS) is 12.9. The number of hydrogen-bond donors (Lipinski definition) is 1. The Balaban J connectivity index is 1.81. The molecule has 0 aliphatic heterocycles. The number of hydrogen-bond acceptors (Lipinski definition) is 5. The summed E-state index contributed by atoms with van der Waals surface area (Å²) in [5.41, 5.74) is 0. The maximum absolute atomic E-state index is 12.6. The Labute approximate surface area is 150 Å². The predicted octanol–water partition coefficient (Wildman–Crippen LogP) is 2.71. The molecular weight excluding hydrogens is 366 g/mol. The quantitative estimate of drug-likeness (QED) is 0.680. The van der Waals surface area contributed by atoms with Gasteiger partial charge in [-0.25, -0.2) is 13.1 Å². The van der Waals surface area contributed by atoms with E-state index in [-0.39, 0.29) is 16.5 Å². The lowest BCUT2D eigenvalue weighted by Crippen LogP contribution is -2.31. The Kier molecular flexibility index (Phi) is 5.12. The number of sulfonamides is 1. The van der Waals surface area contributed by atoms with Gasteiger partial charge in [0, 0.05) is 18.9 Å². The molecule has 1 aromatic carbocycles. The zero-order valence-corrected chi connectivity index (χ0v) is 14.9. The molecule has 132 valence electrons. The van der Waals surface area contributed by atoms with Crippen LogP contribution in [0.15, 0.2) is 64.4 Å². The van der Waals surface area contributed by atoms with Crippen molar-refractivity contribution in [3.63, 3.8) is 0 Å². The molecule has 9 heteroatoms. The SMILES string of the molecule is COc1ccc(S(=O)(=O)NCC(c2ccco2)n2cccn2)cc1Cl. The highest BCUT2D eigenvalue weighted by molar-refractivity contribution is 7.89. The molecule has 0 aliphatic rings. The number of ether oxygens (including phenoxy) is 1. The Morgan fingerprint density at radius 1 is 1.36 bits per heavy atom. The molecule has 0 radical (unpaired) electrons. The van der Waals surface area contributed by atoms with Gasteiger partial charge >= 0.3 is 0 Å². The van der Waals surface area contributed by atoms with Crippen LogP contribution >= 0.6 is 11.6 Å². The van der Waals surface area contributed by atoms with E-state index in [1.165, 1.54) is 31.6 Å². The standard InChI is InChI=1S/C16H16ClN3O4S/c1-23-15-6-5-12(10-13(15)17)25(21,22)19-11-14(16-4-2-9-24-16)20-8-3-7-18-20/h2-10,14,19H,11H2,1H3. The summed E-state index contributed by atoms with van der Waals surface area (Å²) in [7, 11) is -2.29. The molecule has 7 nitrogen and oxygen atoms in total. The minimum Gasteiger partial charge on any atom is -0.495 e. The van der Waals surface area contributed by atoms with Crippen LogP contribution in [0.5, 0.6) is 5.75 Å². The number of rotatable bonds is 7. The molecule has 3 rings (SSSR count). The van der Waals surface area contributed by atoms with E-state index in [4.69, 9.17) is 20.8 Å². The van der Waals surface area contributed by atoms with Gasteiger partial charge in [-0.3, -0.25) is 4.68 Å². The summed E-state index contributed by atoms with van der Waals surface area (Å²) in [5.74, 6) is 1.00. The van der Waals surface area contributed by atoms with Crippen LogP contribution in [-0.4, -0.2) is 31.9 Å². The second kappa shape index (κ2) is 7.30. The lowest BCUT2D eigenvalue weighted by molar-refractivity contribution is 0.402. The molecule has 0 bridgehead atoms. The molecule has 1 atom stereocenters. The van der Waals surface area contributed by atoms with Crippen LogP contribution in [0.25, 0.3) is 0 Å². The highest BCUT2D eigenvalue weighted by Crippen LogP contribution is 2.27. The molecule has 2 heterocycles. The van der Waals surface area contributed by atoms with E-state index >= 15 is 0 Å². The minimum atomic E-state index is -3.76. The zero-order chi connectivity index (χ0) is 17.9. The second-order valence-corrected chi connectivity index (χ2v) is 7.34. The van der Waals surface area contributed by atoms with Crippen LogP contribution in [0.2, 0.25) is 5.02 Å². The van der Waals surface area contributed by atoms with Crippen molar-refractivity contribution in [3.05, 3.63) is 65.8 Å². The van der Waals surface area contributed by atoms with E-state index in [1.807, 2.05) is 0 Å². The van der Waals surface area contributed by atoms with Gasteiger partial charge in [0.15, 0.2) is 0 Å². The van der Waals surface area contributed by atoms with Gasteiger partial charge in [0.25, 0.3) is 0 Å². The van der Waals surface area contributed by atoms with Crippen molar-refractivity contribution in [2.75, 3.05) is 13.7 Å². The number of aromatic nitrogens is 2. The van der Waals surface area contributed by atoms with Crippen molar-refractivity contribution in [1.82, 2.24) is 14.5 Å². The largest absolute Gasteiger partial charge is 0.495 e. The summed E-state index contributed by atoms with van der Waals surface area (Å²) < 4.78 is 39.8. The fourth-order valence-electron chi connectivity index (χ4n) is 2.36. The van der Waals surface area contributed by atoms with E-state index in [0.717, 1.165) is 0 Å². The fourth-order valence-corrected chi connectivity index (χ4v) is 3.74. The topological polar surface area (TPSA) is 86.4 Å². The van der Waals surface area contributed by atoms with Crippen molar-refractivity contribution >= 4 is 21.6 Å². The smallest absolute Gasteiger partial charge is 0.240 e. The maximum Gasteiger partial charge on any atom is 0.240 e. The lowest BCUT2D eigenvalue weighted by Gasteiger charge is -2.16. The van der Waals surface area contributed by atoms with Gasteiger partial charge in [-0.1, -0.05) is 11.6 Å². The van der Waals surface area contributed by atoms with Crippen LogP contribution in [0.1, 0.15) is 11.8 Å². The van der Waals surface area contributed by atoms with Crippen LogP contribution in [0, 0.1) is 0 Å². The highest BCUT2D eigenvalue weighted by Gasteiger charge is 2.22. The number of benzene rings is 1. The molecule has 2 aromatic heterocycles. The zero-order valence-electron chi connectivity index (χ0n) is 13.3. The van der Waals surface area contributed by atoms with Gasteiger partial charge < -0.3 is 9.15 Å².